The Morgan fingerprint density at radius 2 is 0.714 bits per heavy atom. The summed E-state index contributed by atoms with van der Waals surface area (Å²) in [6.07, 6.45) is 39.0. The van der Waals surface area contributed by atoms with Crippen molar-refractivity contribution < 1.29 is 9.47 Å². The molecule has 1 aromatic carbocycles. The van der Waals surface area contributed by atoms with Crippen LogP contribution in [0.4, 0.5) is 0 Å². The summed E-state index contributed by atoms with van der Waals surface area (Å²) in [6.45, 7) is 10.2. The van der Waals surface area contributed by atoms with Gasteiger partial charge in [0.05, 0.1) is 13.2 Å². The van der Waals surface area contributed by atoms with Crippen molar-refractivity contribution in [1.82, 2.24) is 0 Å². The van der Waals surface area contributed by atoms with Crippen LogP contribution in [-0.4, -0.2) is 13.2 Å². The van der Waals surface area contributed by atoms with E-state index in [1.165, 1.54) is 160 Å². The van der Waals surface area contributed by atoms with Crippen LogP contribution < -0.4 is 9.47 Å². The Bertz CT molecular complexity index is 619. The zero-order valence-electron chi connectivity index (χ0n) is 28.7. The molecule has 0 aliphatic rings. The lowest BCUT2D eigenvalue weighted by atomic mass is 10.0. The molecule has 0 unspecified atom stereocenters. The zero-order chi connectivity index (χ0) is 30.2. The van der Waals surface area contributed by atoms with Crippen LogP contribution in [0, 0.1) is 6.92 Å². The maximum Gasteiger partial charge on any atom is 0.123 e. The van der Waals surface area contributed by atoms with E-state index in [0.29, 0.717) is 0 Å². The molecule has 0 aromatic heterocycles. The number of benzene rings is 1. The van der Waals surface area contributed by atoms with Crippen molar-refractivity contribution in [2.24, 2.45) is 0 Å². The molecule has 0 N–H and O–H groups in total. The van der Waals surface area contributed by atoms with Crippen molar-refractivity contribution >= 4 is 0 Å². The predicted octanol–water partition coefficient (Wildman–Crippen LogP) is 13.8. The molecule has 245 valence electrons. The monoisotopic (exact) mass is 586 g/mol. The Balaban J connectivity index is 2.11. The Labute approximate surface area is 264 Å². The zero-order valence-corrected chi connectivity index (χ0v) is 28.7. The first-order valence-corrected chi connectivity index (χ1v) is 19.0. The Kier molecular flexibility index (Phi) is 28.9. The second-order valence-corrected chi connectivity index (χ2v) is 13.0. The Hall–Kier alpha value is -1.18. The molecule has 0 amide bonds. The molecule has 0 aliphatic carbocycles. The fourth-order valence-electron chi connectivity index (χ4n) is 5.89. The lowest BCUT2D eigenvalue weighted by molar-refractivity contribution is 0.289. The highest BCUT2D eigenvalue weighted by Crippen LogP contribution is 2.25. The van der Waals surface area contributed by atoms with Crippen molar-refractivity contribution in [1.29, 1.82) is 0 Å². The molecule has 2 heteroatoms. The largest absolute Gasteiger partial charge is 0.493 e. The molecule has 0 bridgehead atoms. The number of unbranched alkanes of at least 4 members (excludes halogenated alkanes) is 25. The average Bonchev–Trinajstić information content (AvgIpc) is 3.00. The molecule has 0 spiro atoms. The van der Waals surface area contributed by atoms with E-state index in [1.54, 1.807) is 0 Å². The van der Waals surface area contributed by atoms with E-state index in [-0.39, 0.29) is 0 Å². The van der Waals surface area contributed by atoms with E-state index in [1.807, 2.05) is 0 Å². The standard InChI is InChI=1S/C40H73O2/c1-4-7-10-12-14-16-18-20-22-24-26-28-30-33-41-39-35-38(32-9-6-3)36-40(37-39)42-34-31-29-27-25-23-21-19-17-15-13-11-8-5-2/h35-37H,3-34H2,1-2H3. The molecule has 2 nitrogen and oxygen atoms in total. The van der Waals surface area contributed by atoms with Crippen LogP contribution in [0.15, 0.2) is 18.2 Å². The highest BCUT2D eigenvalue weighted by atomic mass is 16.5. The van der Waals surface area contributed by atoms with Crippen LogP contribution in [-0.2, 0) is 6.42 Å². The van der Waals surface area contributed by atoms with Gasteiger partial charge >= 0.3 is 0 Å². The van der Waals surface area contributed by atoms with Gasteiger partial charge in [-0.2, -0.15) is 0 Å². The summed E-state index contributed by atoms with van der Waals surface area (Å²) in [5.74, 6) is 1.96. The maximum absolute atomic E-state index is 6.20. The quantitative estimate of drug-likeness (QED) is 0.0764. The first-order chi connectivity index (χ1) is 20.8. The summed E-state index contributed by atoms with van der Waals surface area (Å²) in [6, 6.07) is 6.55. The van der Waals surface area contributed by atoms with Gasteiger partial charge in [-0.25, -0.2) is 0 Å². The van der Waals surface area contributed by atoms with Gasteiger partial charge in [-0.05, 0) is 43.4 Å². The van der Waals surface area contributed by atoms with E-state index < -0.39 is 0 Å². The minimum atomic E-state index is 0.814. The van der Waals surface area contributed by atoms with Crippen LogP contribution in [0.25, 0.3) is 0 Å². The number of hydrogen-bond donors (Lipinski definition) is 0. The molecule has 1 rings (SSSR count). The molecule has 0 heterocycles. The summed E-state index contributed by atoms with van der Waals surface area (Å²) in [4.78, 5) is 0. The number of rotatable bonds is 33. The third-order valence-electron chi connectivity index (χ3n) is 8.69. The third-order valence-corrected chi connectivity index (χ3v) is 8.69. The van der Waals surface area contributed by atoms with Crippen molar-refractivity contribution in [2.45, 2.75) is 200 Å². The Morgan fingerprint density at radius 3 is 1.02 bits per heavy atom. The predicted molar refractivity (Wildman–Crippen MR) is 187 cm³/mol. The van der Waals surface area contributed by atoms with E-state index in [9.17, 15) is 0 Å². The first-order valence-electron chi connectivity index (χ1n) is 19.0. The van der Waals surface area contributed by atoms with Gasteiger partial charge in [-0.3, -0.25) is 0 Å². The normalized spacial score (nSPS) is 11.3. The minimum Gasteiger partial charge on any atom is -0.493 e. The Morgan fingerprint density at radius 1 is 0.405 bits per heavy atom. The molecule has 0 atom stereocenters. The maximum atomic E-state index is 6.20. The number of aryl methyl sites for hydroxylation is 1. The van der Waals surface area contributed by atoms with Crippen molar-refractivity contribution in [2.75, 3.05) is 13.2 Å². The van der Waals surface area contributed by atoms with E-state index >= 15 is 0 Å². The van der Waals surface area contributed by atoms with Crippen molar-refractivity contribution in [3.63, 3.8) is 0 Å². The van der Waals surface area contributed by atoms with Crippen molar-refractivity contribution in [3.8, 4) is 11.5 Å². The first kappa shape index (κ1) is 38.8. The lowest BCUT2D eigenvalue weighted by Crippen LogP contribution is -2.01. The van der Waals surface area contributed by atoms with Gasteiger partial charge in [0.2, 0.25) is 0 Å². The summed E-state index contributed by atoms with van der Waals surface area (Å²) in [5, 5.41) is 0. The number of hydrogen-bond acceptors (Lipinski definition) is 2. The molecule has 1 aromatic rings. The van der Waals surface area contributed by atoms with Gasteiger partial charge in [0.1, 0.15) is 11.5 Å². The highest BCUT2D eigenvalue weighted by Gasteiger charge is 2.05. The third kappa shape index (κ3) is 25.3. The van der Waals surface area contributed by atoms with Crippen LogP contribution >= 0.6 is 0 Å². The molecule has 0 fully saturated rings. The molecular formula is C40H73O2. The van der Waals surface area contributed by atoms with Crippen LogP contribution in [0.3, 0.4) is 0 Å². The molecule has 0 saturated heterocycles. The fraction of sp³-hybridized carbons (Fsp3) is 0.825. The number of ether oxygens (including phenoxy) is 2. The summed E-state index contributed by atoms with van der Waals surface area (Å²) in [5.41, 5.74) is 1.32. The van der Waals surface area contributed by atoms with Gasteiger partial charge < -0.3 is 9.47 Å². The molecule has 42 heavy (non-hydrogen) atoms. The molecular weight excluding hydrogens is 512 g/mol. The molecule has 0 aliphatic heterocycles. The molecule has 1 radical (unpaired) electrons. The van der Waals surface area contributed by atoms with E-state index in [4.69, 9.17) is 9.47 Å². The van der Waals surface area contributed by atoms with Crippen molar-refractivity contribution in [3.05, 3.63) is 30.7 Å². The van der Waals surface area contributed by atoms with E-state index in [0.717, 1.165) is 56.8 Å². The van der Waals surface area contributed by atoms with Gasteiger partial charge in [0.15, 0.2) is 0 Å². The lowest BCUT2D eigenvalue weighted by Gasteiger charge is -2.13. The van der Waals surface area contributed by atoms with E-state index in [2.05, 4.69) is 39.0 Å². The highest BCUT2D eigenvalue weighted by molar-refractivity contribution is 5.38. The average molecular weight is 586 g/mol. The van der Waals surface area contributed by atoms with Gasteiger partial charge in [0.25, 0.3) is 0 Å². The minimum absolute atomic E-state index is 0.814. The van der Waals surface area contributed by atoms with Crippen LogP contribution in [0.5, 0.6) is 11.5 Å². The second-order valence-electron chi connectivity index (χ2n) is 13.0. The topological polar surface area (TPSA) is 18.5 Å². The summed E-state index contributed by atoms with van der Waals surface area (Å²) in [7, 11) is 0. The molecule has 0 saturated carbocycles. The van der Waals surface area contributed by atoms with Gasteiger partial charge in [-0.1, -0.05) is 181 Å². The summed E-state index contributed by atoms with van der Waals surface area (Å²) < 4.78 is 12.4. The van der Waals surface area contributed by atoms with Crippen LogP contribution in [0.2, 0.25) is 0 Å². The van der Waals surface area contributed by atoms with Crippen LogP contribution in [0.1, 0.15) is 199 Å². The fourth-order valence-corrected chi connectivity index (χ4v) is 5.89. The van der Waals surface area contributed by atoms with Gasteiger partial charge in [-0.15, -0.1) is 0 Å². The SMILES string of the molecule is [CH2]CCCc1cc(OCCCCCCCCCCCCCCC)cc(OCCCCCCCCCCCCCCC)c1. The smallest absolute Gasteiger partial charge is 0.123 e. The second kappa shape index (κ2) is 31.3. The van der Waals surface area contributed by atoms with Gasteiger partial charge in [0, 0.05) is 6.07 Å². The summed E-state index contributed by atoms with van der Waals surface area (Å²) >= 11 is 0.